The largest absolute Gasteiger partial charge is 0.480 e. The number of carbonyl (C=O) groups is 2. The number of hydrogen-bond acceptors (Lipinski definition) is 6. The smallest absolute Gasteiger partial charge is 0.328 e. The van der Waals surface area contributed by atoms with Gasteiger partial charge in [-0.1, -0.05) is 36.0 Å². The molecule has 0 saturated heterocycles. The highest BCUT2D eigenvalue weighted by molar-refractivity contribution is 9.10. The van der Waals surface area contributed by atoms with Crippen molar-refractivity contribution in [1.82, 2.24) is 14.9 Å². The molecule has 1 heterocycles. The summed E-state index contributed by atoms with van der Waals surface area (Å²) in [5, 5.41) is 31.7. The van der Waals surface area contributed by atoms with Crippen molar-refractivity contribution in [1.29, 1.82) is 5.26 Å². The third-order valence-electron chi connectivity index (χ3n) is 4.10. The zero-order chi connectivity index (χ0) is 21.0. The molecular weight excluding hydrogens is 460 g/mol. The maximum absolute atomic E-state index is 12.0. The fourth-order valence-corrected chi connectivity index (χ4v) is 4.14. The summed E-state index contributed by atoms with van der Waals surface area (Å²) in [6, 6.07) is 11.9. The van der Waals surface area contributed by atoms with Gasteiger partial charge in [0.15, 0.2) is 5.16 Å². The monoisotopic (exact) mass is 474 g/mol. The SMILES string of the molecule is N#Cc1ccc(-n2c(Br)cnc2SCC(=O)NC(CO)C(=O)O)c2ccccc12. The number of fused-ring (bicyclic) bond motifs is 1. The standard InChI is InChI=1S/C19H15BrN4O4S/c20-16-8-22-19(29-10-17(26)23-14(9-25)18(27)28)24(16)15-6-5-11(7-21)12-3-1-2-4-13(12)15/h1-6,8,14,25H,9-10H2,(H,23,26)(H,27,28). The van der Waals surface area contributed by atoms with E-state index in [0.29, 0.717) is 15.3 Å². The van der Waals surface area contributed by atoms with Crippen LogP contribution in [0, 0.1) is 11.3 Å². The van der Waals surface area contributed by atoms with Crippen molar-refractivity contribution in [3.63, 3.8) is 0 Å². The molecule has 8 nitrogen and oxygen atoms in total. The van der Waals surface area contributed by atoms with E-state index in [4.69, 9.17) is 10.2 Å². The minimum Gasteiger partial charge on any atom is -0.480 e. The molecule has 0 spiro atoms. The Bertz CT molecular complexity index is 1130. The summed E-state index contributed by atoms with van der Waals surface area (Å²) in [6.45, 7) is -0.691. The molecule has 1 unspecified atom stereocenters. The number of nitrogens with one attached hydrogen (secondary N) is 1. The van der Waals surface area contributed by atoms with Gasteiger partial charge in [0.2, 0.25) is 5.91 Å². The van der Waals surface area contributed by atoms with E-state index in [1.165, 1.54) is 0 Å². The number of aliphatic hydroxyl groups is 1. The first kappa shape index (κ1) is 20.9. The molecule has 0 fully saturated rings. The van der Waals surface area contributed by atoms with E-state index in [1.54, 1.807) is 12.3 Å². The molecule has 148 valence electrons. The minimum atomic E-state index is -1.35. The average Bonchev–Trinajstić information content (AvgIpc) is 3.09. The number of nitrogens with zero attached hydrogens (tertiary/aromatic N) is 3. The Morgan fingerprint density at radius 1 is 1.28 bits per heavy atom. The lowest BCUT2D eigenvalue weighted by molar-refractivity contribution is -0.142. The number of carboxylic acids is 1. The normalized spacial score (nSPS) is 11.8. The van der Waals surface area contributed by atoms with Crippen molar-refractivity contribution < 1.29 is 19.8 Å². The van der Waals surface area contributed by atoms with Crippen LogP contribution in [0.4, 0.5) is 0 Å². The Hall–Kier alpha value is -2.87. The average molecular weight is 475 g/mol. The Morgan fingerprint density at radius 3 is 2.66 bits per heavy atom. The van der Waals surface area contributed by atoms with E-state index in [0.717, 1.165) is 28.2 Å². The summed E-state index contributed by atoms with van der Waals surface area (Å²) in [7, 11) is 0. The lowest BCUT2D eigenvalue weighted by Gasteiger charge is -2.14. The molecular formula is C19H15BrN4O4S. The number of amides is 1. The van der Waals surface area contributed by atoms with Gasteiger partial charge in [-0.2, -0.15) is 5.26 Å². The van der Waals surface area contributed by atoms with Crippen LogP contribution in [-0.2, 0) is 9.59 Å². The van der Waals surface area contributed by atoms with Gasteiger partial charge >= 0.3 is 5.97 Å². The van der Waals surface area contributed by atoms with Crippen LogP contribution >= 0.6 is 27.7 Å². The molecule has 3 N–H and O–H groups in total. The molecule has 0 radical (unpaired) electrons. The molecule has 1 aromatic heterocycles. The van der Waals surface area contributed by atoms with E-state index >= 15 is 0 Å². The first-order valence-corrected chi connectivity index (χ1v) is 10.2. The first-order valence-electron chi connectivity index (χ1n) is 8.37. The highest BCUT2D eigenvalue weighted by Gasteiger charge is 2.20. The number of imidazole rings is 1. The van der Waals surface area contributed by atoms with E-state index in [1.807, 2.05) is 34.9 Å². The Balaban J connectivity index is 1.90. The summed E-state index contributed by atoms with van der Waals surface area (Å²) in [4.78, 5) is 27.3. The number of carboxylic acid groups (broad SMARTS) is 1. The number of aliphatic hydroxyl groups excluding tert-OH is 1. The zero-order valence-electron chi connectivity index (χ0n) is 14.9. The van der Waals surface area contributed by atoms with Crippen LogP contribution in [0.1, 0.15) is 5.56 Å². The summed E-state index contributed by atoms with van der Waals surface area (Å²) in [5.74, 6) is -1.92. The van der Waals surface area contributed by atoms with Crippen molar-refractivity contribution in [2.75, 3.05) is 12.4 Å². The number of benzene rings is 2. The number of aliphatic carboxylic acids is 1. The number of thioether (sulfide) groups is 1. The number of nitriles is 1. The number of rotatable bonds is 7. The predicted octanol–water partition coefficient (Wildman–Crippen LogP) is 2.31. The molecule has 3 aromatic rings. The van der Waals surface area contributed by atoms with E-state index in [-0.39, 0.29) is 5.75 Å². The third kappa shape index (κ3) is 4.42. The summed E-state index contributed by atoms with van der Waals surface area (Å²) >= 11 is 4.59. The molecule has 2 aromatic carbocycles. The van der Waals surface area contributed by atoms with Crippen LogP contribution in [0.25, 0.3) is 16.5 Å². The van der Waals surface area contributed by atoms with Crippen LogP contribution in [0.5, 0.6) is 0 Å². The fourth-order valence-electron chi connectivity index (χ4n) is 2.76. The van der Waals surface area contributed by atoms with Gasteiger partial charge in [0.1, 0.15) is 10.6 Å². The summed E-state index contributed by atoms with van der Waals surface area (Å²) in [5.41, 5.74) is 1.34. The van der Waals surface area contributed by atoms with Gasteiger partial charge in [0, 0.05) is 10.8 Å². The van der Waals surface area contributed by atoms with Crippen molar-refractivity contribution >= 4 is 50.3 Å². The Morgan fingerprint density at radius 2 is 2.00 bits per heavy atom. The van der Waals surface area contributed by atoms with Crippen LogP contribution in [-0.4, -0.2) is 50.0 Å². The maximum atomic E-state index is 12.0. The Labute approximate surface area is 178 Å². The van der Waals surface area contributed by atoms with Gasteiger partial charge < -0.3 is 15.5 Å². The quantitative estimate of drug-likeness (QED) is 0.448. The van der Waals surface area contributed by atoms with Crippen molar-refractivity contribution in [3.05, 3.63) is 52.8 Å². The molecule has 0 saturated carbocycles. The van der Waals surface area contributed by atoms with Gasteiger partial charge in [-0.3, -0.25) is 9.36 Å². The lowest BCUT2D eigenvalue weighted by Crippen LogP contribution is -2.44. The minimum absolute atomic E-state index is 0.0819. The van der Waals surface area contributed by atoms with Crippen molar-refractivity contribution in [2.45, 2.75) is 11.2 Å². The van der Waals surface area contributed by atoms with Gasteiger partial charge in [-0.15, -0.1) is 0 Å². The zero-order valence-corrected chi connectivity index (χ0v) is 17.3. The molecule has 29 heavy (non-hydrogen) atoms. The highest BCUT2D eigenvalue weighted by Crippen LogP contribution is 2.32. The first-order chi connectivity index (χ1) is 14.0. The molecule has 0 aliphatic rings. The van der Waals surface area contributed by atoms with E-state index < -0.39 is 24.5 Å². The summed E-state index contributed by atoms with van der Waals surface area (Å²) < 4.78 is 2.47. The van der Waals surface area contributed by atoms with Gasteiger partial charge in [-0.25, -0.2) is 9.78 Å². The Kier molecular flexibility index (Phi) is 6.53. The molecule has 0 bridgehead atoms. The van der Waals surface area contributed by atoms with Crippen LogP contribution in [0.3, 0.4) is 0 Å². The van der Waals surface area contributed by atoms with Crippen LogP contribution < -0.4 is 5.32 Å². The van der Waals surface area contributed by atoms with Gasteiger partial charge in [0.05, 0.1) is 35.9 Å². The molecule has 1 atom stereocenters. The molecule has 10 heteroatoms. The van der Waals surface area contributed by atoms with Crippen LogP contribution in [0.15, 0.2) is 52.4 Å². The lowest BCUT2D eigenvalue weighted by atomic mass is 10.0. The topological polar surface area (TPSA) is 128 Å². The molecule has 0 aliphatic carbocycles. The number of carbonyl (C=O) groups excluding carboxylic acids is 1. The maximum Gasteiger partial charge on any atom is 0.328 e. The van der Waals surface area contributed by atoms with Crippen molar-refractivity contribution in [3.8, 4) is 11.8 Å². The highest BCUT2D eigenvalue weighted by atomic mass is 79.9. The van der Waals surface area contributed by atoms with Gasteiger partial charge in [0.25, 0.3) is 0 Å². The number of hydrogen-bond donors (Lipinski definition) is 3. The molecule has 3 rings (SSSR count). The molecule has 1 amide bonds. The third-order valence-corrected chi connectivity index (χ3v) is 5.61. The number of halogens is 1. The second kappa shape index (κ2) is 9.09. The second-order valence-electron chi connectivity index (χ2n) is 5.92. The van der Waals surface area contributed by atoms with Crippen molar-refractivity contribution in [2.24, 2.45) is 0 Å². The predicted molar refractivity (Wildman–Crippen MR) is 111 cm³/mol. The fraction of sp³-hybridized carbons (Fsp3) is 0.158. The number of aromatic nitrogens is 2. The van der Waals surface area contributed by atoms with Crippen LogP contribution in [0.2, 0.25) is 0 Å². The van der Waals surface area contributed by atoms with Gasteiger partial charge in [-0.05, 0) is 28.1 Å². The molecule has 0 aliphatic heterocycles. The second-order valence-corrected chi connectivity index (χ2v) is 7.67. The van der Waals surface area contributed by atoms with E-state index in [9.17, 15) is 14.9 Å². The van der Waals surface area contributed by atoms with E-state index in [2.05, 4.69) is 32.3 Å². The summed E-state index contributed by atoms with van der Waals surface area (Å²) in [6.07, 6.45) is 1.60.